The average Bonchev–Trinajstić information content (AvgIpc) is 3.59. The topological polar surface area (TPSA) is 3.24 Å². The second-order valence-electron chi connectivity index (χ2n) is 17.2. The Bertz CT molecular complexity index is 3040. The van der Waals surface area contributed by atoms with Crippen LogP contribution in [0.5, 0.6) is 0 Å². The first-order chi connectivity index (χ1) is 27.7. The molecule has 0 aromatic heterocycles. The molecule has 0 heterocycles. The Labute approximate surface area is 325 Å². The van der Waals surface area contributed by atoms with Gasteiger partial charge in [-0.3, -0.25) is 0 Å². The molecular formula is C53H45N. The van der Waals surface area contributed by atoms with Crippen LogP contribution in [0.4, 0.5) is 17.1 Å². The highest BCUT2D eigenvalue weighted by atomic mass is 15.1. The molecule has 8 aromatic rings. The molecule has 0 saturated heterocycles. The maximum Gasteiger partial charge on any atom is 0.0645 e. The minimum Gasteiger partial charge on any atom is -0.310 e. The van der Waals surface area contributed by atoms with Gasteiger partial charge in [0.15, 0.2) is 0 Å². The van der Waals surface area contributed by atoms with Crippen molar-refractivity contribution in [3.8, 4) is 44.5 Å². The second-order valence-corrected chi connectivity index (χ2v) is 17.2. The Kier molecular flexibility index (Phi) is 6.24. The van der Waals surface area contributed by atoms with Gasteiger partial charge >= 0.3 is 0 Å². The fourth-order valence-electron chi connectivity index (χ4n) is 8.82. The molecule has 262 valence electrons. The summed E-state index contributed by atoms with van der Waals surface area (Å²) in [5.41, 5.74) is 17.2. The number of para-hydroxylation sites is 1. The van der Waals surface area contributed by atoms with Gasteiger partial charge in [-0.15, -0.1) is 0 Å². The van der Waals surface area contributed by atoms with Crippen molar-refractivity contribution in [3.05, 3.63) is 174 Å². The van der Waals surface area contributed by atoms with Crippen molar-refractivity contribution in [2.45, 2.75) is 58.8 Å². The van der Waals surface area contributed by atoms with E-state index in [1.165, 1.54) is 72.0 Å². The molecule has 0 bridgehead atoms. The number of fused-ring (bicyclic) bond motifs is 9. The molecule has 1 heteroatoms. The zero-order valence-corrected chi connectivity index (χ0v) is 31.8. The fraction of sp³-hybridized carbons (Fsp3) is 0.170. The fourth-order valence-corrected chi connectivity index (χ4v) is 8.82. The molecule has 0 N–H and O–H groups in total. The first-order valence-corrected chi connectivity index (χ1v) is 19.1. The standard InChI is InChI=1S/C53H45N/c1-52(2,3)39-23-20-33(21-24-39)34-18-19-35-28-44-46(30-37(35)26-34)45-29-36-22-25-41(27-38(36)31-47(44)45)54(40-12-8-7-9-13-40)51-17-11-15-43-42-14-10-16-50(53(4,5)6)48(42)32-49(43)51/h7-31H,32H2,1-6H3/i7D,8D,9D,12D. The molecule has 54 heavy (non-hydrogen) atoms. The quantitative estimate of drug-likeness (QED) is 0.177. The maximum absolute atomic E-state index is 9.15. The minimum atomic E-state index is -0.241. The van der Waals surface area contributed by atoms with Crippen LogP contribution >= 0.6 is 0 Å². The highest BCUT2D eigenvalue weighted by Crippen LogP contribution is 2.52. The van der Waals surface area contributed by atoms with E-state index < -0.39 is 0 Å². The van der Waals surface area contributed by atoms with E-state index in [9.17, 15) is 0 Å². The summed E-state index contributed by atoms with van der Waals surface area (Å²) in [6.07, 6.45) is 0.743. The summed E-state index contributed by atoms with van der Waals surface area (Å²) < 4.78 is 34.8. The molecule has 10 rings (SSSR count). The molecule has 2 aliphatic carbocycles. The predicted octanol–water partition coefficient (Wildman–Crippen LogP) is 14.9. The lowest BCUT2D eigenvalue weighted by molar-refractivity contribution is 0.585. The largest absolute Gasteiger partial charge is 0.310 e. The first kappa shape index (κ1) is 28.6. The smallest absolute Gasteiger partial charge is 0.0645 e. The lowest BCUT2D eigenvalue weighted by Gasteiger charge is -2.29. The Hall–Kier alpha value is -5.92. The van der Waals surface area contributed by atoms with Crippen LogP contribution in [-0.2, 0) is 17.3 Å². The van der Waals surface area contributed by atoms with Crippen molar-refractivity contribution in [1.29, 1.82) is 0 Å². The highest BCUT2D eigenvalue weighted by Gasteiger charge is 2.30. The van der Waals surface area contributed by atoms with E-state index in [2.05, 4.69) is 163 Å². The number of hydrogen-bond acceptors (Lipinski definition) is 1. The number of anilines is 3. The van der Waals surface area contributed by atoms with Crippen LogP contribution in [0.3, 0.4) is 0 Å². The second kappa shape index (κ2) is 11.8. The molecule has 1 nitrogen and oxygen atoms in total. The van der Waals surface area contributed by atoms with Gasteiger partial charge in [0, 0.05) is 17.8 Å². The number of benzene rings is 8. The highest BCUT2D eigenvalue weighted by molar-refractivity contribution is 6.12. The van der Waals surface area contributed by atoms with Crippen molar-refractivity contribution in [2.24, 2.45) is 0 Å². The van der Waals surface area contributed by atoms with Gasteiger partial charge in [-0.2, -0.15) is 0 Å². The summed E-state index contributed by atoms with van der Waals surface area (Å²) in [6, 6.07) is 45.3. The zero-order chi connectivity index (χ0) is 40.4. The lowest BCUT2D eigenvalue weighted by Crippen LogP contribution is -2.14. The molecule has 8 aromatic carbocycles. The summed E-state index contributed by atoms with van der Waals surface area (Å²) in [5, 5.41) is 4.64. The Morgan fingerprint density at radius 3 is 1.76 bits per heavy atom. The normalized spacial score (nSPS) is 14.0. The predicted molar refractivity (Wildman–Crippen MR) is 232 cm³/mol. The Balaban J connectivity index is 1.07. The van der Waals surface area contributed by atoms with Crippen molar-refractivity contribution >= 4 is 38.6 Å². The van der Waals surface area contributed by atoms with E-state index in [4.69, 9.17) is 5.48 Å². The van der Waals surface area contributed by atoms with Crippen LogP contribution < -0.4 is 4.90 Å². The summed E-state index contributed by atoms with van der Waals surface area (Å²) in [7, 11) is 0. The van der Waals surface area contributed by atoms with E-state index in [-0.39, 0.29) is 35.0 Å². The van der Waals surface area contributed by atoms with Crippen LogP contribution in [0.2, 0.25) is 0 Å². The van der Waals surface area contributed by atoms with E-state index in [0.717, 1.165) is 34.1 Å². The summed E-state index contributed by atoms with van der Waals surface area (Å²) in [4.78, 5) is 2.05. The first-order valence-electron chi connectivity index (χ1n) is 21.1. The van der Waals surface area contributed by atoms with Gasteiger partial charge in [0.2, 0.25) is 0 Å². The Morgan fingerprint density at radius 2 is 1.07 bits per heavy atom. The molecule has 0 fully saturated rings. The maximum atomic E-state index is 9.15. The van der Waals surface area contributed by atoms with Crippen LogP contribution in [0, 0.1) is 0 Å². The van der Waals surface area contributed by atoms with E-state index >= 15 is 0 Å². The third kappa shape index (κ3) is 5.21. The van der Waals surface area contributed by atoms with Gasteiger partial charge in [-0.25, -0.2) is 0 Å². The molecule has 0 radical (unpaired) electrons. The molecule has 0 aliphatic heterocycles. The molecule has 0 unspecified atom stereocenters. The summed E-state index contributed by atoms with van der Waals surface area (Å²) >= 11 is 0. The van der Waals surface area contributed by atoms with Gasteiger partial charge in [0.25, 0.3) is 0 Å². The molecule has 0 amide bonds. The summed E-state index contributed by atoms with van der Waals surface area (Å²) in [5.74, 6) is 0. The van der Waals surface area contributed by atoms with E-state index in [1.807, 2.05) is 4.90 Å². The van der Waals surface area contributed by atoms with Gasteiger partial charge in [-0.05, 0) is 160 Å². The SMILES string of the molecule is [2H]c1cc(N(c2ccc3cc4c(cc3c2)-c2cc3ccc(-c5ccc(C(C)(C)C)cc5)cc3cc2-4)c2cccc3c2Cc2c-3cccc2C(C)(C)C)c([2H])c([2H])c1[2H]. The average molecular weight is 700 g/mol. The van der Waals surface area contributed by atoms with Crippen molar-refractivity contribution in [2.75, 3.05) is 4.90 Å². The molecule has 2 aliphatic rings. The molecule has 0 atom stereocenters. The van der Waals surface area contributed by atoms with Crippen molar-refractivity contribution in [3.63, 3.8) is 0 Å². The van der Waals surface area contributed by atoms with Crippen LogP contribution in [0.25, 0.3) is 66.1 Å². The van der Waals surface area contributed by atoms with Crippen molar-refractivity contribution < 1.29 is 5.48 Å². The van der Waals surface area contributed by atoms with Gasteiger partial charge < -0.3 is 4.90 Å². The number of hydrogen-bond donors (Lipinski definition) is 0. The lowest BCUT2D eigenvalue weighted by atomic mass is 9.77. The third-order valence-corrected chi connectivity index (χ3v) is 11.7. The monoisotopic (exact) mass is 699 g/mol. The van der Waals surface area contributed by atoms with Gasteiger partial charge in [0.1, 0.15) is 0 Å². The molecule has 0 spiro atoms. The van der Waals surface area contributed by atoms with Crippen molar-refractivity contribution in [1.82, 2.24) is 0 Å². The number of nitrogens with zero attached hydrogens (tertiary/aromatic N) is 1. The third-order valence-electron chi connectivity index (χ3n) is 11.7. The molecular weight excluding hydrogens is 651 g/mol. The van der Waals surface area contributed by atoms with Gasteiger partial charge in [-0.1, -0.05) is 132 Å². The zero-order valence-electron chi connectivity index (χ0n) is 35.8. The van der Waals surface area contributed by atoms with E-state index in [0.29, 0.717) is 5.69 Å². The minimum absolute atomic E-state index is 0.0293. The number of rotatable bonds is 4. The summed E-state index contributed by atoms with van der Waals surface area (Å²) in [6.45, 7) is 13.5. The van der Waals surface area contributed by atoms with E-state index in [1.54, 1.807) is 6.07 Å². The van der Waals surface area contributed by atoms with Crippen LogP contribution in [-0.4, -0.2) is 0 Å². The Morgan fingerprint density at radius 1 is 0.463 bits per heavy atom. The van der Waals surface area contributed by atoms with Gasteiger partial charge in [0.05, 0.1) is 11.2 Å². The van der Waals surface area contributed by atoms with Crippen LogP contribution in [0.1, 0.15) is 69.3 Å². The molecule has 0 saturated carbocycles. The van der Waals surface area contributed by atoms with Crippen LogP contribution in [0.15, 0.2) is 152 Å².